The molecule has 142 valence electrons. The molecule has 0 bridgehead atoms. The number of benzene rings is 1. The van der Waals surface area contributed by atoms with Crippen molar-refractivity contribution >= 4 is 15.9 Å². The third-order valence-electron chi connectivity index (χ3n) is 4.82. The fourth-order valence-corrected chi connectivity index (χ4v) is 4.72. The average molecular weight is 380 g/mol. The molecule has 2 N–H and O–H groups in total. The quantitative estimate of drug-likeness (QED) is 0.683. The molecule has 1 saturated heterocycles. The van der Waals surface area contributed by atoms with E-state index in [4.69, 9.17) is 5.26 Å². The Bertz CT molecular complexity index is 761. The third kappa shape index (κ3) is 4.81. The zero-order chi connectivity index (χ0) is 19.2. The van der Waals surface area contributed by atoms with Gasteiger partial charge in [-0.25, -0.2) is 8.42 Å². The Morgan fingerprint density at radius 1 is 1.27 bits per heavy atom. The van der Waals surface area contributed by atoms with Gasteiger partial charge in [-0.2, -0.15) is 9.57 Å². The first-order valence-corrected chi connectivity index (χ1v) is 10.5. The van der Waals surface area contributed by atoms with E-state index in [1.165, 1.54) is 16.4 Å². The molecule has 1 heterocycles. The van der Waals surface area contributed by atoms with Crippen LogP contribution in [-0.4, -0.2) is 57.4 Å². The molecule has 0 radical (unpaired) electrons. The summed E-state index contributed by atoms with van der Waals surface area (Å²) in [6.07, 6.45) is 1.81. The fraction of sp³-hybridized carbons (Fsp3) is 0.556. The second kappa shape index (κ2) is 9.12. The van der Waals surface area contributed by atoms with Gasteiger partial charge in [-0.3, -0.25) is 4.79 Å². The van der Waals surface area contributed by atoms with Crippen molar-refractivity contribution in [2.45, 2.75) is 37.6 Å². The summed E-state index contributed by atoms with van der Waals surface area (Å²) >= 11 is 0. The smallest absolute Gasteiger partial charge is 0.275 e. The summed E-state index contributed by atoms with van der Waals surface area (Å²) in [6.45, 7) is 6.28. The topological polar surface area (TPSA) is 94.7 Å². The Hall–Kier alpha value is -1.95. The van der Waals surface area contributed by atoms with E-state index < -0.39 is 10.0 Å². The van der Waals surface area contributed by atoms with Crippen molar-refractivity contribution < 1.29 is 18.1 Å². The van der Waals surface area contributed by atoms with Gasteiger partial charge in [0.2, 0.25) is 10.0 Å². The Labute approximate surface area is 155 Å². The Kier molecular flexibility index (Phi) is 7.14. The van der Waals surface area contributed by atoms with E-state index in [1.54, 1.807) is 12.1 Å². The molecule has 1 amide bonds. The van der Waals surface area contributed by atoms with E-state index in [-0.39, 0.29) is 22.4 Å². The summed E-state index contributed by atoms with van der Waals surface area (Å²) in [4.78, 5) is 13.3. The first-order valence-electron chi connectivity index (χ1n) is 9.04. The second-order valence-corrected chi connectivity index (χ2v) is 8.43. The van der Waals surface area contributed by atoms with Gasteiger partial charge >= 0.3 is 0 Å². The number of sulfonamides is 1. The van der Waals surface area contributed by atoms with Crippen molar-refractivity contribution in [2.24, 2.45) is 0 Å². The number of piperazine rings is 1. The molecule has 8 heteroatoms. The Morgan fingerprint density at radius 2 is 1.88 bits per heavy atom. The zero-order valence-corrected chi connectivity index (χ0v) is 16.2. The van der Waals surface area contributed by atoms with Gasteiger partial charge in [-0.1, -0.05) is 26.0 Å². The molecule has 0 aliphatic carbocycles. The van der Waals surface area contributed by atoms with Crippen LogP contribution in [0.15, 0.2) is 29.2 Å². The number of quaternary nitrogens is 1. The number of hydrogen-bond donors (Lipinski definition) is 2. The van der Waals surface area contributed by atoms with E-state index >= 15 is 0 Å². The maximum atomic E-state index is 12.8. The highest BCUT2D eigenvalue weighted by atomic mass is 32.2. The number of rotatable bonds is 7. The number of hydrogen-bond acceptors (Lipinski definition) is 4. The molecule has 0 atom stereocenters. The van der Waals surface area contributed by atoms with E-state index in [2.05, 4.69) is 5.32 Å². The largest absolute Gasteiger partial charge is 0.349 e. The molecular weight excluding hydrogens is 352 g/mol. The van der Waals surface area contributed by atoms with Gasteiger partial charge in [0.1, 0.15) is 6.07 Å². The second-order valence-electron chi connectivity index (χ2n) is 6.52. The van der Waals surface area contributed by atoms with Crippen LogP contribution in [0.5, 0.6) is 0 Å². The first-order chi connectivity index (χ1) is 12.4. The van der Waals surface area contributed by atoms with Crippen molar-refractivity contribution in [1.29, 1.82) is 5.26 Å². The lowest BCUT2D eigenvalue weighted by Crippen LogP contribution is -3.15. The van der Waals surface area contributed by atoms with Crippen LogP contribution in [-0.2, 0) is 14.8 Å². The molecule has 1 aliphatic heterocycles. The summed E-state index contributed by atoms with van der Waals surface area (Å²) in [5, 5.41) is 12.2. The van der Waals surface area contributed by atoms with Crippen LogP contribution >= 0.6 is 0 Å². The lowest BCUT2D eigenvalue weighted by molar-refractivity contribution is -0.895. The van der Waals surface area contributed by atoms with Crippen LogP contribution in [0.1, 0.15) is 32.3 Å². The third-order valence-corrected chi connectivity index (χ3v) is 6.77. The lowest BCUT2D eigenvalue weighted by atomic mass is 10.2. The number of nitrogens with one attached hydrogen (secondary N) is 2. The first kappa shape index (κ1) is 20.4. The minimum Gasteiger partial charge on any atom is -0.349 e. The number of nitriles is 1. The molecule has 1 aromatic carbocycles. The van der Waals surface area contributed by atoms with Crippen LogP contribution in [0, 0.1) is 11.3 Å². The summed E-state index contributed by atoms with van der Waals surface area (Å²) in [7, 11) is -3.69. The van der Waals surface area contributed by atoms with Gasteiger partial charge in [-0.05, 0) is 25.0 Å². The average Bonchev–Trinajstić information content (AvgIpc) is 2.66. The number of amides is 1. The molecular formula is C18H27N4O3S+. The molecule has 0 unspecified atom stereocenters. The molecule has 1 aromatic rings. The molecule has 0 aromatic heterocycles. The van der Waals surface area contributed by atoms with Crippen LogP contribution in [0.25, 0.3) is 0 Å². The van der Waals surface area contributed by atoms with Gasteiger partial charge in [0, 0.05) is 6.04 Å². The summed E-state index contributed by atoms with van der Waals surface area (Å²) < 4.78 is 27.0. The van der Waals surface area contributed by atoms with E-state index in [0.29, 0.717) is 32.7 Å². The van der Waals surface area contributed by atoms with Crippen molar-refractivity contribution in [3.8, 4) is 6.07 Å². The van der Waals surface area contributed by atoms with E-state index in [9.17, 15) is 13.2 Å². The zero-order valence-electron chi connectivity index (χ0n) is 15.4. The molecule has 2 rings (SSSR count). The van der Waals surface area contributed by atoms with Gasteiger partial charge in [0.05, 0.1) is 36.6 Å². The molecule has 0 saturated carbocycles. The van der Waals surface area contributed by atoms with Crippen LogP contribution < -0.4 is 10.2 Å². The molecule has 1 aliphatic rings. The van der Waals surface area contributed by atoms with Crippen molar-refractivity contribution in [3.63, 3.8) is 0 Å². The maximum absolute atomic E-state index is 12.8. The summed E-state index contributed by atoms with van der Waals surface area (Å²) in [5.41, 5.74) is 0.159. The lowest BCUT2D eigenvalue weighted by Gasteiger charge is -2.31. The molecule has 0 spiro atoms. The van der Waals surface area contributed by atoms with Crippen molar-refractivity contribution in [3.05, 3.63) is 29.8 Å². The number of nitrogens with zero attached hydrogens (tertiary/aromatic N) is 2. The monoisotopic (exact) mass is 379 g/mol. The molecule has 7 nitrogen and oxygen atoms in total. The minimum absolute atomic E-state index is 0.0137. The van der Waals surface area contributed by atoms with Crippen molar-refractivity contribution in [2.75, 3.05) is 32.7 Å². The SMILES string of the molecule is CCC(CC)NC(=O)C[NH+]1CCN(S(=O)(=O)c2ccccc2C#N)CC1. The standard InChI is InChI=1S/C18H26N4O3S/c1-3-16(4-2)20-18(23)14-21-9-11-22(12-10-21)26(24,25)17-8-6-5-7-15(17)13-19/h5-8,16H,3-4,9-12,14H2,1-2H3,(H,20,23)/p+1. The Balaban J connectivity index is 1.96. The summed E-state index contributed by atoms with van der Waals surface area (Å²) in [6, 6.07) is 8.39. The number of carbonyl (C=O) groups is 1. The highest BCUT2D eigenvalue weighted by Gasteiger charge is 2.32. The molecule has 26 heavy (non-hydrogen) atoms. The highest BCUT2D eigenvalue weighted by Crippen LogP contribution is 2.19. The minimum atomic E-state index is -3.69. The van der Waals surface area contributed by atoms with E-state index in [1.807, 2.05) is 19.9 Å². The number of carbonyl (C=O) groups excluding carboxylic acids is 1. The van der Waals surface area contributed by atoms with Crippen LogP contribution in [0.4, 0.5) is 0 Å². The van der Waals surface area contributed by atoms with Gasteiger partial charge in [-0.15, -0.1) is 0 Å². The summed E-state index contributed by atoms with van der Waals surface area (Å²) in [5.74, 6) is 0.0137. The van der Waals surface area contributed by atoms with Crippen molar-refractivity contribution in [1.82, 2.24) is 9.62 Å². The van der Waals surface area contributed by atoms with Gasteiger partial charge < -0.3 is 10.2 Å². The maximum Gasteiger partial charge on any atom is 0.275 e. The molecule has 1 fully saturated rings. The normalized spacial score (nSPS) is 16.4. The van der Waals surface area contributed by atoms with Crippen LogP contribution in [0.2, 0.25) is 0 Å². The van der Waals surface area contributed by atoms with Gasteiger partial charge in [0.15, 0.2) is 6.54 Å². The predicted molar refractivity (Wildman–Crippen MR) is 98.0 cm³/mol. The predicted octanol–water partition coefficient (Wildman–Crippen LogP) is -0.248. The highest BCUT2D eigenvalue weighted by molar-refractivity contribution is 7.89. The van der Waals surface area contributed by atoms with Crippen LogP contribution in [0.3, 0.4) is 0 Å². The fourth-order valence-electron chi connectivity index (χ4n) is 3.14. The van der Waals surface area contributed by atoms with E-state index in [0.717, 1.165) is 17.7 Å². The Morgan fingerprint density at radius 3 is 2.46 bits per heavy atom. The van der Waals surface area contributed by atoms with Gasteiger partial charge in [0.25, 0.3) is 5.91 Å².